The molecule has 134 valence electrons. The van der Waals surface area contributed by atoms with Gasteiger partial charge in [-0.05, 0) is 23.8 Å². The molecule has 1 amide bonds. The third-order valence-electron chi connectivity index (χ3n) is 4.58. The SMILES string of the molecule is Cn1cc([C@H]2CNC[C@@H]2C(=O)Nc2ccc(-n3cncn3)c(F)c2)cn1. The number of hydrogen-bond acceptors (Lipinski definition) is 5. The van der Waals surface area contributed by atoms with E-state index >= 15 is 0 Å². The summed E-state index contributed by atoms with van der Waals surface area (Å²) < 4.78 is 17.4. The Morgan fingerprint density at radius 2 is 2.23 bits per heavy atom. The molecule has 0 radical (unpaired) electrons. The van der Waals surface area contributed by atoms with Gasteiger partial charge in [-0.3, -0.25) is 9.48 Å². The van der Waals surface area contributed by atoms with Crippen LogP contribution in [0.3, 0.4) is 0 Å². The number of rotatable bonds is 4. The second kappa shape index (κ2) is 6.68. The second-order valence-corrected chi connectivity index (χ2v) is 6.31. The van der Waals surface area contributed by atoms with Gasteiger partial charge < -0.3 is 10.6 Å². The van der Waals surface area contributed by atoms with E-state index in [2.05, 4.69) is 25.8 Å². The first-order valence-corrected chi connectivity index (χ1v) is 8.26. The smallest absolute Gasteiger partial charge is 0.229 e. The van der Waals surface area contributed by atoms with Gasteiger partial charge in [0, 0.05) is 37.9 Å². The first kappa shape index (κ1) is 16.4. The van der Waals surface area contributed by atoms with Crippen LogP contribution in [0.2, 0.25) is 0 Å². The molecule has 0 saturated carbocycles. The lowest BCUT2D eigenvalue weighted by molar-refractivity contribution is -0.119. The number of amides is 1. The Balaban J connectivity index is 1.50. The normalized spacial score (nSPS) is 19.6. The molecule has 3 heterocycles. The molecule has 0 bridgehead atoms. The van der Waals surface area contributed by atoms with Crippen molar-refractivity contribution in [1.29, 1.82) is 0 Å². The fourth-order valence-corrected chi connectivity index (χ4v) is 3.27. The predicted octanol–water partition coefficient (Wildman–Crippen LogP) is 1.08. The first-order chi connectivity index (χ1) is 12.6. The quantitative estimate of drug-likeness (QED) is 0.731. The summed E-state index contributed by atoms with van der Waals surface area (Å²) in [6.07, 6.45) is 6.45. The van der Waals surface area contributed by atoms with Gasteiger partial charge in [0.2, 0.25) is 5.91 Å². The monoisotopic (exact) mass is 355 g/mol. The van der Waals surface area contributed by atoms with Crippen molar-refractivity contribution in [3.8, 4) is 5.69 Å². The fraction of sp³-hybridized carbons (Fsp3) is 0.294. The van der Waals surface area contributed by atoms with Gasteiger partial charge in [-0.15, -0.1) is 0 Å². The molecule has 1 aliphatic heterocycles. The molecule has 0 unspecified atom stereocenters. The number of aromatic nitrogens is 5. The standard InChI is InChI=1S/C17H18FN7O/c1-24-8-11(5-21-24)13-6-19-7-14(13)17(26)23-12-2-3-16(15(18)4-12)25-10-20-9-22-25/h2-5,8-10,13-14,19H,6-7H2,1H3,(H,23,26)/t13-,14+/m1/s1. The average molecular weight is 355 g/mol. The number of nitrogens with one attached hydrogen (secondary N) is 2. The highest BCUT2D eigenvalue weighted by atomic mass is 19.1. The van der Waals surface area contributed by atoms with Gasteiger partial charge >= 0.3 is 0 Å². The summed E-state index contributed by atoms with van der Waals surface area (Å²) in [6, 6.07) is 4.50. The number of carbonyl (C=O) groups excluding carboxylic acids is 1. The van der Waals surface area contributed by atoms with Crippen molar-refractivity contribution in [2.75, 3.05) is 18.4 Å². The van der Waals surface area contributed by atoms with Gasteiger partial charge in [-0.25, -0.2) is 14.1 Å². The van der Waals surface area contributed by atoms with E-state index in [9.17, 15) is 9.18 Å². The number of hydrogen-bond donors (Lipinski definition) is 2. The number of benzene rings is 1. The van der Waals surface area contributed by atoms with Crippen LogP contribution in [0.15, 0.2) is 43.2 Å². The molecule has 1 saturated heterocycles. The molecule has 2 N–H and O–H groups in total. The van der Waals surface area contributed by atoms with Crippen molar-refractivity contribution in [2.45, 2.75) is 5.92 Å². The Morgan fingerprint density at radius 3 is 2.92 bits per heavy atom. The van der Waals surface area contributed by atoms with E-state index in [4.69, 9.17) is 0 Å². The van der Waals surface area contributed by atoms with Crippen LogP contribution in [0.5, 0.6) is 0 Å². The van der Waals surface area contributed by atoms with Crippen LogP contribution in [0.4, 0.5) is 10.1 Å². The fourth-order valence-electron chi connectivity index (χ4n) is 3.27. The Kier molecular flexibility index (Phi) is 4.21. The van der Waals surface area contributed by atoms with Crippen molar-refractivity contribution < 1.29 is 9.18 Å². The maximum Gasteiger partial charge on any atom is 0.229 e. The lowest BCUT2D eigenvalue weighted by Gasteiger charge is -2.17. The molecule has 0 aliphatic carbocycles. The van der Waals surface area contributed by atoms with Crippen molar-refractivity contribution >= 4 is 11.6 Å². The lowest BCUT2D eigenvalue weighted by Crippen LogP contribution is -2.28. The van der Waals surface area contributed by atoms with Crippen LogP contribution in [-0.2, 0) is 11.8 Å². The zero-order chi connectivity index (χ0) is 18.1. The molecule has 2 atom stereocenters. The number of carbonyl (C=O) groups is 1. The van der Waals surface area contributed by atoms with Gasteiger partial charge in [0.15, 0.2) is 5.82 Å². The number of halogens is 1. The van der Waals surface area contributed by atoms with Crippen LogP contribution in [0.1, 0.15) is 11.5 Å². The largest absolute Gasteiger partial charge is 0.326 e. The van der Waals surface area contributed by atoms with Gasteiger partial charge in [-0.2, -0.15) is 10.2 Å². The van der Waals surface area contributed by atoms with E-state index in [0.29, 0.717) is 18.8 Å². The summed E-state index contributed by atoms with van der Waals surface area (Å²) in [5, 5.41) is 14.1. The van der Waals surface area contributed by atoms with Crippen molar-refractivity contribution in [2.24, 2.45) is 13.0 Å². The highest BCUT2D eigenvalue weighted by Gasteiger charge is 2.34. The van der Waals surface area contributed by atoms with E-state index in [1.165, 1.54) is 23.4 Å². The highest BCUT2D eigenvalue weighted by Crippen LogP contribution is 2.29. The minimum atomic E-state index is -0.485. The minimum Gasteiger partial charge on any atom is -0.326 e. The summed E-state index contributed by atoms with van der Waals surface area (Å²) in [5.74, 6) is -0.821. The van der Waals surface area contributed by atoms with Crippen molar-refractivity contribution in [3.63, 3.8) is 0 Å². The van der Waals surface area contributed by atoms with E-state index < -0.39 is 5.82 Å². The van der Waals surface area contributed by atoms with Gasteiger partial charge in [-0.1, -0.05) is 0 Å². The second-order valence-electron chi connectivity index (χ2n) is 6.31. The maximum absolute atomic E-state index is 14.3. The topological polar surface area (TPSA) is 89.7 Å². The molecule has 1 aliphatic rings. The molecule has 2 aromatic heterocycles. The van der Waals surface area contributed by atoms with Crippen molar-refractivity contribution in [3.05, 3.63) is 54.6 Å². The van der Waals surface area contributed by atoms with E-state index in [1.807, 2.05) is 13.2 Å². The zero-order valence-corrected chi connectivity index (χ0v) is 14.1. The van der Waals surface area contributed by atoms with Crippen LogP contribution in [0, 0.1) is 11.7 Å². The van der Waals surface area contributed by atoms with Crippen LogP contribution >= 0.6 is 0 Å². The number of nitrogens with zero attached hydrogens (tertiary/aromatic N) is 5. The number of anilines is 1. The Bertz CT molecular complexity index is 921. The van der Waals surface area contributed by atoms with Crippen LogP contribution < -0.4 is 10.6 Å². The minimum absolute atomic E-state index is 0.0444. The third-order valence-corrected chi connectivity index (χ3v) is 4.58. The zero-order valence-electron chi connectivity index (χ0n) is 14.1. The summed E-state index contributed by atoms with van der Waals surface area (Å²) in [5.41, 5.74) is 1.70. The number of aryl methyl sites for hydroxylation is 1. The molecule has 8 nitrogen and oxygen atoms in total. The Labute approximate surface area is 149 Å². The molecule has 9 heteroatoms. The summed E-state index contributed by atoms with van der Waals surface area (Å²) in [4.78, 5) is 16.5. The van der Waals surface area contributed by atoms with E-state index in [1.54, 1.807) is 23.0 Å². The van der Waals surface area contributed by atoms with Crippen LogP contribution in [-0.4, -0.2) is 43.5 Å². The van der Waals surface area contributed by atoms with Gasteiger partial charge in [0.25, 0.3) is 0 Å². The van der Waals surface area contributed by atoms with E-state index in [-0.39, 0.29) is 23.4 Å². The molecule has 3 aromatic rings. The molecule has 4 rings (SSSR count). The summed E-state index contributed by atoms with van der Waals surface area (Å²) >= 11 is 0. The predicted molar refractivity (Wildman–Crippen MR) is 92.3 cm³/mol. The van der Waals surface area contributed by atoms with Crippen molar-refractivity contribution in [1.82, 2.24) is 29.9 Å². The van der Waals surface area contributed by atoms with Gasteiger partial charge in [0.05, 0.1) is 12.1 Å². The third kappa shape index (κ3) is 3.08. The maximum atomic E-state index is 14.3. The molecule has 1 fully saturated rings. The highest BCUT2D eigenvalue weighted by molar-refractivity contribution is 5.93. The Hall–Kier alpha value is -3.07. The first-order valence-electron chi connectivity index (χ1n) is 8.26. The summed E-state index contributed by atoms with van der Waals surface area (Å²) in [6.45, 7) is 1.29. The summed E-state index contributed by atoms with van der Waals surface area (Å²) in [7, 11) is 1.85. The molecule has 26 heavy (non-hydrogen) atoms. The van der Waals surface area contributed by atoms with Gasteiger partial charge in [0.1, 0.15) is 18.3 Å². The molecular formula is C17H18FN7O. The Morgan fingerprint density at radius 1 is 1.35 bits per heavy atom. The molecule has 0 spiro atoms. The lowest BCUT2D eigenvalue weighted by atomic mass is 9.90. The average Bonchev–Trinajstić information content (AvgIpc) is 3.36. The van der Waals surface area contributed by atoms with E-state index in [0.717, 1.165) is 5.56 Å². The molecular weight excluding hydrogens is 337 g/mol. The molecule has 1 aromatic carbocycles. The van der Waals surface area contributed by atoms with Crippen LogP contribution in [0.25, 0.3) is 5.69 Å².